The van der Waals surface area contributed by atoms with Crippen molar-refractivity contribution in [1.82, 2.24) is 0 Å². The Hall–Kier alpha value is 0.477. The van der Waals surface area contributed by atoms with Crippen LogP contribution in [0.25, 0.3) is 0 Å². The average Bonchev–Trinajstić information content (AvgIpc) is 1.14. The smallest absolute Gasteiger partial charge is 0.302 e. The lowest BCUT2D eigenvalue weighted by Crippen LogP contribution is -1.84. The molecule has 60 valence electrons. The van der Waals surface area contributed by atoms with Crippen molar-refractivity contribution in [2.45, 2.75) is 0 Å². The van der Waals surface area contributed by atoms with Crippen LogP contribution in [-0.4, -0.2) is 30.5 Å². The average molecular weight is 206 g/mol. The lowest BCUT2D eigenvalue weighted by atomic mass is 15.7. The maximum absolute atomic E-state index is 9.63. The largest absolute Gasteiger partial charge is 0.478 e. The summed E-state index contributed by atoms with van der Waals surface area (Å²) in [7, 11) is -10.1. The van der Waals surface area contributed by atoms with Gasteiger partial charge in [-0.15, -0.1) is 0 Å². The fourth-order valence-corrected chi connectivity index (χ4v) is 1.25. The zero-order valence-electron chi connectivity index (χ0n) is 4.41. The molecule has 0 amide bonds. The van der Waals surface area contributed by atoms with Crippen LogP contribution in [0, 0.1) is 0 Å². The lowest BCUT2D eigenvalue weighted by molar-refractivity contribution is 0.225. The monoisotopic (exact) mass is 206 g/mol. The lowest BCUT2D eigenvalue weighted by Gasteiger charge is -2.03. The molecule has 0 rings (SSSR count). The number of rotatable bonds is 2. The van der Waals surface area contributed by atoms with Gasteiger partial charge in [-0.25, -0.2) is 9.13 Å². The van der Waals surface area contributed by atoms with E-state index in [1.807, 2.05) is 0 Å². The highest BCUT2D eigenvalue weighted by atomic mass is 31.3. The molecule has 0 atom stereocenters. The van der Waals surface area contributed by atoms with Gasteiger partial charge in [0.05, 0.1) is 0 Å². The molecule has 4 radical (unpaired) electrons. The van der Waals surface area contributed by atoms with Gasteiger partial charge in [0.1, 0.15) is 0 Å². The third kappa shape index (κ3) is 11.3. The van der Waals surface area contributed by atoms with Crippen molar-refractivity contribution in [2.24, 2.45) is 0 Å². The molecule has 0 spiro atoms. The Balaban J connectivity index is 0. The maximum atomic E-state index is 9.63. The van der Waals surface area contributed by atoms with Gasteiger partial charge in [-0.2, -0.15) is 4.31 Å². The Labute approximate surface area is 60.5 Å². The van der Waals surface area contributed by atoms with Crippen molar-refractivity contribution in [3.63, 3.8) is 0 Å². The summed E-state index contributed by atoms with van der Waals surface area (Å²) >= 11 is 0. The molecule has 0 aliphatic rings. The predicted molar refractivity (Wildman–Crippen MR) is 30.9 cm³/mol. The van der Waals surface area contributed by atoms with Gasteiger partial charge in [-0.1, -0.05) is 0 Å². The maximum Gasteiger partial charge on any atom is 0.478 e. The van der Waals surface area contributed by atoms with Crippen LogP contribution >= 0.6 is 15.6 Å². The van der Waals surface area contributed by atoms with Crippen molar-refractivity contribution in [3.8, 4) is 0 Å². The topological polar surface area (TPSA) is 124 Å². The molecule has 0 unspecified atom stereocenters. The van der Waals surface area contributed by atoms with Crippen LogP contribution in [0.5, 0.6) is 0 Å². The van der Waals surface area contributed by atoms with Crippen molar-refractivity contribution in [2.75, 3.05) is 0 Å². The summed E-state index contributed by atoms with van der Waals surface area (Å²) in [6.07, 6.45) is 0. The first-order chi connectivity index (χ1) is 3.71. The van der Waals surface area contributed by atoms with E-state index < -0.39 is 15.6 Å². The highest BCUT2D eigenvalue weighted by molar-refractivity contribution is 7.60. The summed E-state index contributed by atoms with van der Waals surface area (Å²) in [6, 6.07) is 0. The van der Waals surface area contributed by atoms with Crippen molar-refractivity contribution in [3.05, 3.63) is 0 Å². The van der Waals surface area contributed by atoms with E-state index in [-0.39, 0.29) is 11.0 Å². The van der Waals surface area contributed by atoms with Gasteiger partial charge in [0.15, 0.2) is 0 Å². The Morgan fingerprint density at radius 1 is 0.900 bits per heavy atom. The molecule has 10 heavy (non-hydrogen) atoms. The van der Waals surface area contributed by atoms with Crippen molar-refractivity contribution in [1.29, 1.82) is 0 Å². The van der Waals surface area contributed by atoms with E-state index in [4.69, 9.17) is 19.6 Å². The minimum Gasteiger partial charge on any atom is -0.302 e. The highest BCUT2D eigenvalue weighted by Gasteiger charge is 2.27. The second-order valence-electron chi connectivity index (χ2n) is 1.06. The Bertz CT molecular complexity index is 152. The summed E-state index contributed by atoms with van der Waals surface area (Å²) in [5, 5.41) is 0. The molecule has 0 saturated carbocycles. The highest BCUT2D eigenvalue weighted by Crippen LogP contribution is 2.53. The van der Waals surface area contributed by atoms with Crippen LogP contribution < -0.4 is 0 Å². The van der Waals surface area contributed by atoms with Crippen LogP contribution in [0.15, 0.2) is 0 Å². The van der Waals surface area contributed by atoms with Crippen LogP contribution in [0.2, 0.25) is 0 Å². The molecule has 10 heteroatoms. The van der Waals surface area contributed by atoms with Crippen LogP contribution in [0.1, 0.15) is 0 Å². The van der Waals surface area contributed by atoms with Crippen molar-refractivity contribution >= 4 is 26.6 Å². The third-order valence-electron chi connectivity index (χ3n) is 0.213. The van der Waals surface area contributed by atoms with Gasteiger partial charge in [0.25, 0.3) is 0 Å². The second-order valence-corrected chi connectivity index (χ2v) is 3.68. The predicted octanol–water partition coefficient (Wildman–Crippen LogP) is -1.19. The summed E-state index contributed by atoms with van der Waals surface area (Å²) in [5.74, 6) is 0. The molecule has 0 aromatic rings. The van der Waals surface area contributed by atoms with Gasteiger partial charge in [-0.05, 0) is 0 Å². The van der Waals surface area contributed by atoms with Gasteiger partial charge in [0.2, 0.25) is 0 Å². The molecule has 0 bridgehead atoms. The SMILES string of the molecule is O=P(O)(O)OP(=O)(O)O.[Si]. The standard InChI is InChI=1S/H4O7P2.Si/c1-8(2,3)7-9(4,5)6;/h(H2,1,2,3)(H2,4,5,6);. The van der Waals surface area contributed by atoms with Gasteiger partial charge >= 0.3 is 15.6 Å². The first kappa shape index (κ1) is 13.1. The zero-order chi connectivity index (χ0) is 7.71. The fourth-order valence-electron chi connectivity index (χ4n) is 0.139. The molecular weight excluding hydrogens is 202 g/mol. The zero-order valence-corrected chi connectivity index (χ0v) is 7.20. The van der Waals surface area contributed by atoms with Crippen molar-refractivity contribution < 1.29 is 33.0 Å². The summed E-state index contributed by atoms with van der Waals surface area (Å²) in [6.45, 7) is 0. The summed E-state index contributed by atoms with van der Waals surface area (Å²) in [5.41, 5.74) is 0. The molecule has 4 N–H and O–H groups in total. The summed E-state index contributed by atoms with van der Waals surface area (Å²) < 4.78 is 22.2. The molecule has 0 aromatic heterocycles. The number of hydrogen-bond acceptors (Lipinski definition) is 3. The first-order valence-corrected chi connectivity index (χ1v) is 4.59. The summed E-state index contributed by atoms with van der Waals surface area (Å²) in [4.78, 5) is 31.0. The molecule has 0 saturated heterocycles. The number of hydrogen-bond donors (Lipinski definition) is 4. The van der Waals surface area contributed by atoms with E-state index in [9.17, 15) is 9.13 Å². The van der Waals surface area contributed by atoms with Gasteiger partial charge < -0.3 is 19.6 Å². The van der Waals surface area contributed by atoms with Crippen LogP contribution in [-0.2, 0) is 13.4 Å². The van der Waals surface area contributed by atoms with E-state index in [2.05, 4.69) is 4.31 Å². The van der Waals surface area contributed by atoms with Crippen LogP contribution in [0.4, 0.5) is 0 Å². The normalized spacial score (nSPS) is 12.4. The molecule has 0 fully saturated rings. The quantitative estimate of drug-likeness (QED) is 0.330. The molecule has 7 nitrogen and oxygen atoms in total. The second kappa shape index (κ2) is 3.75. The fraction of sp³-hybridized carbons (Fsp3) is 0. The Kier molecular flexibility index (Phi) is 4.91. The minimum atomic E-state index is -5.05. The minimum absolute atomic E-state index is 0. The van der Waals surface area contributed by atoms with Gasteiger partial charge in [-0.3, -0.25) is 0 Å². The third-order valence-corrected chi connectivity index (χ3v) is 1.91. The molecule has 0 aliphatic heterocycles. The molecule has 0 aromatic carbocycles. The van der Waals surface area contributed by atoms with E-state index in [0.717, 1.165) is 0 Å². The van der Waals surface area contributed by atoms with E-state index in [1.54, 1.807) is 0 Å². The van der Waals surface area contributed by atoms with Crippen LogP contribution in [0.3, 0.4) is 0 Å². The Morgan fingerprint density at radius 3 is 1.10 bits per heavy atom. The molecule has 0 aliphatic carbocycles. The first-order valence-electron chi connectivity index (χ1n) is 1.53. The van der Waals surface area contributed by atoms with Gasteiger partial charge in [0, 0.05) is 11.0 Å². The number of phosphoric acid groups is 2. The molecular formula is H4O7P2Si. The Morgan fingerprint density at radius 2 is 1.10 bits per heavy atom. The van der Waals surface area contributed by atoms with E-state index >= 15 is 0 Å². The van der Waals surface area contributed by atoms with E-state index in [0.29, 0.717) is 0 Å². The van der Waals surface area contributed by atoms with E-state index in [1.165, 1.54) is 0 Å². The molecule has 0 heterocycles.